The molecule has 1 amide bonds. The summed E-state index contributed by atoms with van der Waals surface area (Å²) in [5, 5.41) is 3.61. The minimum atomic E-state index is -4.12. The van der Waals surface area contributed by atoms with Crippen LogP contribution in [0.4, 0.5) is 0 Å². The first kappa shape index (κ1) is 24.1. The van der Waals surface area contributed by atoms with Gasteiger partial charge in [0.15, 0.2) is 0 Å². The van der Waals surface area contributed by atoms with Crippen molar-refractivity contribution in [3.8, 4) is 5.75 Å². The number of carbonyl (C=O) groups excluding carboxylic acids is 1. The zero-order valence-electron chi connectivity index (χ0n) is 17.2. The van der Waals surface area contributed by atoms with Gasteiger partial charge >= 0.3 is 0 Å². The maximum Gasteiger partial charge on any atom is 0.245 e. The Morgan fingerprint density at radius 2 is 1.59 bits per heavy atom. The van der Waals surface area contributed by atoms with Gasteiger partial charge in [-0.05, 0) is 47.9 Å². The summed E-state index contributed by atoms with van der Waals surface area (Å²) in [6.45, 7) is 0.226. The van der Waals surface area contributed by atoms with Crippen LogP contribution in [0.25, 0.3) is 0 Å². The molecule has 32 heavy (non-hydrogen) atoms. The third-order valence-electron chi connectivity index (χ3n) is 4.69. The molecule has 0 saturated carbocycles. The highest BCUT2D eigenvalue weighted by Gasteiger charge is 2.28. The van der Waals surface area contributed by atoms with E-state index in [2.05, 4.69) is 10.0 Å². The van der Waals surface area contributed by atoms with Crippen molar-refractivity contribution in [3.05, 3.63) is 94.0 Å². The standard InChI is InChI=1S/C23H22Cl2N2O4S/c1-31-21-12-11-19(25)14-22(21)32(29,30)27-20(13-16-5-3-2-4-6-16)23(28)26-15-17-7-9-18(24)10-8-17/h2-12,14,20,27H,13,15H2,1H3,(H,26,28). The van der Waals surface area contributed by atoms with Crippen molar-refractivity contribution in [2.75, 3.05) is 7.11 Å². The van der Waals surface area contributed by atoms with E-state index in [9.17, 15) is 13.2 Å². The lowest BCUT2D eigenvalue weighted by molar-refractivity contribution is -0.122. The number of carbonyl (C=O) groups is 1. The second-order valence-electron chi connectivity index (χ2n) is 7.00. The van der Waals surface area contributed by atoms with Crippen LogP contribution >= 0.6 is 23.2 Å². The molecule has 0 radical (unpaired) electrons. The predicted octanol–water partition coefficient (Wildman–Crippen LogP) is 4.21. The second kappa shape index (κ2) is 10.8. The van der Waals surface area contributed by atoms with E-state index in [0.717, 1.165) is 11.1 Å². The van der Waals surface area contributed by atoms with E-state index in [1.165, 1.54) is 25.3 Å². The summed E-state index contributed by atoms with van der Waals surface area (Å²) in [5.41, 5.74) is 1.64. The van der Waals surface area contributed by atoms with Crippen LogP contribution in [0.2, 0.25) is 10.0 Å². The molecular weight excluding hydrogens is 471 g/mol. The van der Waals surface area contributed by atoms with E-state index in [0.29, 0.717) is 5.02 Å². The van der Waals surface area contributed by atoms with Gasteiger partial charge in [-0.1, -0.05) is 65.7 Å². The lowest BCUT2D eigenvalue weighted by atomic mass is 10.1. The summed E-state index contributed by atoms with van der Waals surface area (Å²) >= 11 is 11.9. The van der Waals surface area contributed by atoms with Gasteiger partial charge in [0.1, 0.15) is 16.7 Å². The molecular formula is C23H22Cl2N2O4S. The number of sulfonamides is 1. The van der Waals surface area contributed by atoms with Crippen molar-refractivity contribution in [2.24, 2.45) is 0 Å². The Labute approximate surface area is 197 Å². The fraction of sp³-hybridized carbons (Fsp3) is 0.174. The van der Waals surface area contributed by atoms with E-state index < -0.39 is 22.0 Å². The van der Waals surface area contributed by atoms with E-state index in [-0.39, 0.29) is 28.6 Å². The number of hydrogen-bond donors (Lipinski definition) is 2. The molecule has 0 heterocycles. The maximum absolute atomic E-state index is 13.1. The van der Waals surface area contributed by atoms with Crippen molar-refractivity contribution in [1.29, 1.82) is 0 Å². The van der Waals surface area contributed by atoms with Gasteiger partial charge in [-0.2, -0.15) is 4.72 Å². The molecule has 1 atom stereocenters. The molecule has 0 aliphatic rings. The Morgan fingerprint density at radius 3 is 2.25 bits per heavy atom. The molecule has 3 aromatic carbocycles. The Kier molecular flexibility index (Phi) is 8.15. The molecule has 0 fully saturated rings. The van der Waals surface area contributed by atoms with Crippen LogP contribution in [0.3, 0.4) is 0 Å². The summed E-state index contributed by atoms with van der Waals surface area (Å²) in [6.07, 6.45) is 0.162. The maximum atomic E-state index is 13.1. The van der Waals surface area contributed by atoms with Gasteiger partial charge in [-0.15, -0.1) is 0 Å². The topological polar surface area (TPSA) is 84.5 Å². The smallest absolute Gasteiger partial charge is 0.245 e. The van der Waals surface area contributed by atoms with Crippen LogP contribution in [0, 0.1) is 0 Å². The molecule has 0 aliphatic carbocycles. The van der Waals surface area contributed by atoms with Crippen LogP contribution in [-0.2, 0) is 27.8 Å². The molecule has 0 aromatic heterocycles. The fourth-order valence-electron chi connectivity index (χ4n) is 3.06. The van der Waals surface area contributed by atoms with Crippen LogP contribution < -0.4 is 14.8 Å². The number of benzene rings is 3. The van der Waals surface area contributed by atoms with Crippen molar-refractivity contribution >= 4 is 39.1 Å². The molecule has 3 rings (SSSR count). The van der Waals surface area contributed by atoms with E-state index in [4.69, 9.17) is 27.9 Å². The first-order valence-electron chi connectivity index (χ1n) is 9.70. The average Bonchev–Trinajstić information content (AvgIpc) is 2.78. The molecule has 168 valence electrons. The quantitative estimate of drug-likeness (QED) is 0.468. The highest BCUT2D eigenvalue weighted by atomic mass is 35.5. The third kappa shape index (κ3) is 6.46. The molecule has 3 aromatic rings. The number of methoxy groups -OCH3 is 1. The van der Waals surface area contributed by atoms with Gasteiger partial charge in [0, 0.05) is 16.6 Å². The normalized spacial score (nSPS) is 12.2. The molecule has 9 heteroatoms. The summed E-state index contributed by atoms with van der Waals surface area (Å²) in [7, 11) is -2.75. The minimum absolute atomic E-state index is 0.127. The number of amides is 1. The Balaban J connectivity index is 1.84. The van der Waals surface area contributed by atoms with Crippen LogP contribution in [0.1, 0.15) is 11.1 Å². The van der Waals surface area contributed by atoms with E-state index >= 15 is 0 Å². The van der Waals surface area contributed by atoms with Crippen molar-refractivity contribution in [3.63, 3.8) is 0 Å². The highest BCUT2D eigenvalue weighted by Crippen LogP contribution is 2.27. The molecule has 6 nitrogen and oxygen atoms in total. The van der Waals surface area contributed by atoms with Gasteiger partial charge in [-0.25, -0.2) is 8.42 Å². The molecule has 0 aliphatic heterocycles. The van der Waals surface area contributed by atoms with Crippen molar-refractivity contribution < 1.29 is 17.9 Å². The monoisotopic (exact) mass is 492 g/mol. The van der Waals surface area contributed by atoms with Gasteiger partial charge in [0.2, 0.25) is 15.9 Å². The molecule has 2 N–H and O–H groups in total. The lowest BCUT2D eigenvalue weighted by Crippen LogP contribution is -2.47. The minimum Gasteiger partial charge on any atom is -0.495 e. The Hall–Kier alpha value is -2.58. The van der Waals surface area contributed by atoms with Gasteiger partial charge in [0.05, 0.1) is 7.11 Å². The largest absolute Gasteiger partial charge is 0.495 e. The van der Waals surface area contributed by atoms with Gasteiger partial charge < -0.3 is 10.1 Å². The first-order chi connectivity index (χ1) is 15.3. The molecule has 0 spiro atoms. The van der Waals surface area contributed by atoms with Crippen molar-refractivity contribution in [1.82, 2.24) is 10.0 Å². The first-order valence-corrected chi connectivity index (χ1v) is 11.9. The highest BCUT2D eigenvalue weighted by molar-refractivity contribution is 7.89. The molecule has 0 bridgehead atoms. The number of halogens is 2. The number of ether oxygens (including phenoxy) is 1. The van der Waals surface area contributed by atoms with Gasteiger partial charge in [0.25, 0.3) is 0 Å². The van der Waals surface area contributed by atoms with E-state index in [1.54, 1.807) is 24.3 Å². The number of hydrogen-bond acceptors (Lipinski definition) is 4. The summed E-state index contributed by atoms with van der Waals surface area (Å²) in [5.74, 6) is -0.338. The predicted molar refractivity (Wildman–Crippen MR) is 126 cm³/mol. The summed E-state index contributed by atoms with van der Waals surface area (Å²) in [4.78, 5) is 12.9. The average molecular weight is 493 g/mol. The summed E-state index contributed by atoms with van der Waals surface area (Å²) < 4.78 is 34.0. The number of nitrogens with one attached hydrogen (secondary N) is 2. The number of rotatable bonds is 9. The Morgan fingerprint density at radius 1 is 0.938 bits per heavy atom. The van der Waals surface area contributed by atoms with E-state index in [1.807, 2.05) is 30.3 Å². The lowest BCUT2D eigenvalue weighted by Gasteiger charge is -2.20. The van der Waals surface area contributed by atoms with Crippen LogP contribution in [0.5, 0.6) is 5.75 Å². The second-order valence-corrected chi connectivity index (χ2v) is 9.56. The fourth-order valence-corrected chi connectivity index (χ4v) is 4.82. The zero-order chi connectivity index (χ0) is 23.1. The molecule has 0 saturated heterocycles. The van der Waals surface area contributed by atoms with Crippen LogP contribution in [-0.4, -0.2) is 27.5 Å². The SMILES string of the molecule is COc1ccc(Cl)cc1S(=O)(=O)NC(Cc1ccccc1)C(=O)NCc1ccc(Cl)cc1. The van der Waals surface area contributed by atoms with Crippen LogP contribution in [0.15, 0.2) is 77.7 Å². The summed E-state index contributed by atoms with van der Waals surface area (Å²) in [6, 6.07) is 19.4. The third-order valence-corrected chi connectivity index (χ3v) is 6.67. The van der Waals surface area contributed by atoms with Crippen molar-refractivity contribution in [2.45, 2.75) is 23.9 Å². The Bertz CT molecular complexity index is 1170. The zero-order valence-corrected chi connectivity index (χ0v) is 19.5. The van der Waals surface area contributed by atoms with Gasteiger partial charge in [-0.3, -0.25) is 4.79 Å². The molecule has 1 unspecified atom stereocenters.